The van der Waals surface area contributed by atoms with E-state index >= 15 is 0 Å². The molecule has 6 nitrogen and oxygen atoms in total. The van der Waals surface area contributed by atoms with E-state index in [9.17, 15) is 14.9 Å². The molecule has 0 atom stereocenters. The number of benzene rings is 2. The third kappa shape index (κ3) is 4.55. The van der Waals surface area contributed by atoms with Crippen LogP contribution in [-0.4, -0.2) is 41.9 Å². The summed E-state index contributed by atoms with van der Waals surface area (Å²) >= 11 is 7.31. The van der Waals surface area contributed by atoms with Gasteiger partial charge in [-0.1, -0.05) is 23.4 Å². The number of nitrogens with one attached hydrogen (secondary N) is 1. The second-order valence-electron chi connectivity index (χ2n) is 5.89. The summed E-state index contributed by atoms with van der Waals surface area (Å²) in [5.41, 5.74) is 0.280. The molecule has 1 amide bonds. The fourth-order valence-corrected chi connectivity index (χ4v) is 3.78. The van der Waals surface area contributed by atoms with E-state index in [2.05, 4.69) is 5.32 Å². The normalized spacial score (nSPS) is 14.7. The molecule has 0 saturated carbocycles. The first-order chi connectivity index (χ1) is 12.5. The molecular formula is C18H18ClN3O3S. The molecule has 8 heteroatoms. The van der Waals surface area contributed by atoms with Crippen molar-refractivity contribution < 1.29 is 9.72 Å². The number of amides is 1. The highest BCUT2D eigenvalue weighted by molar-refractivity contribution is 7.99. The van der Waals surface area contributed by atoms with E-state index in [0.717, 1.165) is 24.4 Å². The highest BCUT2D eigenvalue weighted by atomic mass is 35.5. The van der Waals surface area contributed by atoms with Gasteiger partial charge in [-0.2, -0.15) is 0 Å². The predicted molar refractivity (Wildman–Crippen MR) is 102 cm³/mol. The molecule has 1 aliphatic rings. The number of hydrogen-bond donors (Lipinski definition) is 1. The summed E-state index contributed by atoms with van der Waals surface area (Å²) in [7, 11) is 0. The number of carbonyl (C=O) groups is 1. The summed E-state index contributed by atoms with van der Waals surface area (Å²) in [5.74, 6) is -0.172. The molecular weight excluding hydrogens is 374 g/mol. The first kappa shape index (κ1) is 18.7. The van der Waals surface area contributed by atoms with E-state index in [1.807, 2.05) is 12.1 Å². The van der Waals surface area contributed by atoms with Crippen LogP contribution in [-0.2, 0) is 0 Å². The minimum Gasteiger partial charge on any atom is -0.337 e. The van der Waals surface area contributed by atoms with Gasteiger partial charge in [0.25, 0.3) is 11.6 Å². The maximum absolute atomic E-state index is 13.0. The van der Waals surface area contributed by atoms with Crippen LogP contribution in [0.3, 0.4) is 0 Å². The number of halogens is 1. The molecule has 0 radical (unpaired) electrons. The Morgan fingerprint density at radius 1 is 1.15 bits per heavy atom. The lowest BCUT2D eigenvalue weighted by molar-refractivity contribution is -0.384. The number of carbonyl (C=O) groups excluding carboxylic acids is 1. The zero-order valence-electron chi connectivity index (χ0n) is 14.0. The van der Waals surface area contributed by atoms with Gasteiger partial charge in [0, 0.05) is 46.6 Å². The Hall–Kier alpha value is -2.09. The van der Waals surface area contributed by atoms with Crippen LogP contribution in [0.1, 0.15) is 16.8 Å². The summed E-state index contributed by atoms with van der Waals surface area (Å²) in [6, 6.07) is 11.7. The quantitative estimate of drug-likeness (QED) is 0.633. The second-order valence-corrected chi connectivity index (χ2v) is 7.44. The molecule has 1 heterocycles. The van der Waals surface area contributed by atoms with Crippen molar-refractivity contribution in [2.45, 2.75) is 16.2 Å². The molecule has 0 bridgehead atoms. The number of nitro benzene ring substituents is 1. The van der Waals surface area contributed by atoms with Gasteiger partial charge < -0.3 is 10.2 Å². The number of nitrogens with zero attached hydrogens (tertiary/aromatic N) is 2. The molecule has 136 valence electrons. The van der Waals surface area contributed by atoms with E-state index in [4.69, 9.17) is 11.6 Å². The molecule has 26 heavy (non-hydrogen) atoms. The molecule has 1 N–H and O–H groups in total. The standard InChI is InChI=1S/C18H18ClN3O3S/c19-13-2-5-15(6-3-13)26-17-7-4-14(22(24)25)12-16(17)18(23)21-10-1-8-20-9-11-21/h2-7,12,20H,1,8-11H2. The fourth-order valence-electron chi connectivity index (χ4n) is 2.74. The van der Waals surface area contributed by atoms with Gasteiger partial charge >= 0.3 is 0 Å². The number of nitro groups is 1. The minimum absolute atomic E-state index is 0.0817. The molecule has 0 aromatic heterocycles. The van der Waals surface area contributed by atoms with Crippen LogP contribution in [0.5, 0.6) is 0 Å². The highest BCUT2D eigenvalue weighted by Crippen LogP contribution is 2.34. The van der Waals surface area contributed by atoms with Crippen LogP contribution in [0.25, 0.3) is 0 Å². The molecule has 0 unspecified atom stereocenters. The first-order valence-electron chi connectivity index (χ1n) is 8.26. The molecule has 1 aliphatic heterocycles. The van der Waals surface area contributed by atoms with E-state index in [0.29, 0.717) is 28.6 Å². The van der Waals surface area contributed by atoms with Gasteiger partial charge in [-0.25, -0.2) is 0 Å². The van der Waals surface area contributed by atoms with Crippen molar-refractivity contribution in [3.63, 3.8) is 0 Å². The zero-order chi connectivity index (χ0) is 18.5. The highest BCUT2D eigenvalue weighted by Gasteiger charge is 2.23. The van der Waals surface area contributed by atoms with Gasteiger partial charge in [-0.05, 0) is 43.3 Å². The molecule has 2 aromatic carbocycles. The Balaban J connectivity index is 1.93. The summed E-state index contributed by atoms with van der Waals surface area (Å²) < 4.78 is 0. The largest absolute Gasteiger partial charge is 0.337 e. The molecule has 0 aliphatic carbocycles. The minimum atomic E-state index is -0.475. The van der Waals surface area contributed by atoms with Crippen molar-refractivity contribution in [2.24, 2.45) is 0 Å². The number of non-ortho nitro benzene ring substituents is 1. The number of hydrogen-bond acceptors (Lipinski definition) is 5. The maximum Gasteiger partial charge on any atom is 0.270 e. The topological polar surface area (TPSA) is 75.5 Å². The SMILES string of the molecule is O=C(c1cc([N+](=O)[O-])ccc1Sc1ccc(Cl)cc1)N1CCCNCC1. The van der Waals surface area contributed by atoms with Crippen LogP contribution < -0.4 is 5.32 Å². The Bertz CT molecular complexity index is 806. The van der Waals surface area contributed by atoms with Gasteiger partial charge in [-0.3, -0.25) is 14.9 Å². The molecule has 2 aromatic rings. The lowest BCUT2D eigenvalue weighted by Gasteiger charge is -2.21. The van der Waals surface area contributed by atoms with Crippen LogP contribution in [0.2, 0.25) is 5.02 Å². The Kier molecular flexibility index (Phi) is 6.13. The Morgan fingerprint density at radius 2 is 1.92 bits per heavy atom. The lowest BCUT2D eigenvalue weighted by atomic mass is 10.1. The van der Waals surface area contributed by atoms with Crippen molar-refractivity contribution in [1.29, 1.82) is 0 Å². The Morgan fingerprint density at radius 3 is 2.65 bits per heavy atom. The average molecular weight is 392 g/mol. The van der Waals surface area contributed by atoms with Crippen LogP contribution in [0.15, 0.2) is 52.3 Å². The van der Waals surface area contributed by atoms with Crippen LogP contribution in [0, 0.1) is 10.1 Å². The third-order valence-corrected chi connectivity index (χ3v) is 5.41. The first-order valence-corrected chi connectivity index (χ1v) is 9.46. The van der Waals surface area contributed by atoms with E-state index < -0.39 is 4.92 Å². The third-order valence-electron chi connectivity index (χ3n) is 4.07. The van der Waals surface area contributed by atoms with Crippen molar-refractivity contribution in [2.75, 3.05) is 26.2 Å². The van der Waals surface area contributed by atoms with E-state index in [1.165, 1.54) is 23.9 Å². The van der Waals surface area contributed by atoms with Crippen molar-refractivity contribution >= 4 is 35.0 Å². The molecule has 1 fully saturated rings. The molecule has 1 saturated heterocycles. The van der Waals surface area contributed by atoms with E-state index in [1.54, 1.807) is 23.1 Å². The van der Waals surface area contributed by atoms with Crippen molar-refractivity contribution in [3.05, 3.63) is 63.2 Å². The summed E-state index contributed by atoms with van der Waals surface area (Å²) in [6.07, 6.45) is 0.861. The van der Waals surface area contributed by atoms with Crippen LogP contribution >= 0.6 is 23.4 Å². The Labute approximate surface area is 160 Å². The monoisotopic (exact) mass is 391 g/mol. The van der Waals surface area contributed by atoms with Gasteiger partial charge in [0.2, 0.25) is 0 Å². The summed E-state index contributed by atoms with van der Waals surface area (Å²) in [6.45, 7) is 2.82. The average Bonchev–Trinajstić information content (AvgIpc) is 2.92. The smallest absolute Gasteiger partial charge is 0.270 e. The lowest BCUT2D eigenvalue weighted by Crippen LogP contribution is -2.34. The van der Waals surface area contributed by atoms with Crippen molar-refractivity contribution in [1.82, 2.24) is 10.2 Å². The van der Waals surface area contributed by atoms with Crippen LogP contribution in [0.4, 0.5) is 5.69 Å². The molecule has 3 rings (SSSR count). The van der Waals surface area contributed by atoms with Gasteiger partial charge in [0.15, 0.2) is 0 Å². The summed E-state index contributed by atoms with van der Waals surface area (Å²) in [5, 5.41) is 15.0. The van der Waals surface area contributed by atoms with Crippen molar-refractivity contribution in [3.8, 4) is 0 Å². The maximum atomic E-state index is 13.0. The second kappa shape index (κ2) is 8.53. The van der Waals surface area contributed by atoms with Gasteiger partial charge in [0.1, 0.15) is 0 Å². The molecule has 0 spiro atoms. The zero-order valence-corrected chi connectivity index (χ0v) is 15.6. The van der Waals surface area contributed by atoms with E-state index in [-0.39, 0.29) is 11.6 Å². The summed E-state index contributed by atoms with van der Waals surface area (Å²) in [4.78, 5) is 27.1. The fraction of sp³-hybridized carbons (Fsp3) is 0.278. The van der Waals surface area contributed by atoms with Gasteiger partial charge in [0.05, 0.1) is 10.5 Å². The predicted octanol–water partition coefficient (Wildman–Crippen LogP) is 3.83. The number of rotatable bonds is 4. The van der Waals surface area contributed by atoms with Gasteiger partial charge in [-0.15, -0.1) is 0 Å².